The van der Waals surface area contributed by atoms with Crippen LogP contribution in [0.2, 0.25) is 0 Å². The quantitative estimate of drug-likeness (QED) is 0.0904. The van der Waals surface area contributed by atoms with E-state index in [1.54, 1.807) is 12.1 Å². The topological polar surface area (TPSA) is 206 Å². The van der Waals surface area contributed by atoms with E-state index in [9.17, 15) is 39.9 Å². The third-order valence-electron chi connectivity index (χ3n) is 6.09. The third-order valence-corrected chi connectivity index (χ3v) is 6.09. The molecule has 0 fully saturated rings. The molecule has 0 spiro atoms. The zero-order chi connectivity index (χ0) is 29.7. The number of aliphatic hydroxyl groups is 5. The molecule has 0 aromatic heterocycles. The van der Waals surface area contributed by atoms with Crippen LogP contribution in [0.1, 0.15) is 18.4 Å². The Morgan fingerprint density at radius 1 is 0.925 bits per heavy atom. The number of carbonyl (C=O) groups is 3. The van der Waals surface area contributed by atoms with Gasteiger partial charge in [0.15, 0.2) is 0 Å². The summed E-state index contributed by atoms with van der Waals surface area (Å²) in [6.07, 6.45) is -5.14. The molecule has 0 aliphatic carbocycles. The van der Waals surface area contributed by atoms with Crippen molar-refractivity contribution < 1.29 is 49.8 Å². The maximum Gasteiger partial charge on any atom is 0.364 e. The van der Waals surface area contributed by atoms with Crippen molar-refractivity contribution in [2.24, 2.45) is 0 Å². The molecular weight excluding hydrogens is 524 g/mol. The number of nitrogens with one attached hydrogen (secondary N) is 2. The second-order valence-corrected chi connectivity index (χ2v) is 9.21. The number of amides is 2. The van der Waals surface area contributed by atoms with Gasteiger partial charge in [-0.05, 0) is 23.1 Å². The van der Waals surface area contributed by atoms with Crippen molar-refractivity contribution in [3.05, 3.63) is 72.8 Å². The van der Waals surface area contributed by atoms with Crippen LogP contribution in [-0.4, -0.2) is 98.3 Å². The second-order valence-electron chi connectivity index (χ2n) is 9.21. The molecule has 12 nitrogen and oxygen atoms in total. The van der Waals surface area contributed by atoms with Crippen molar-refractivity contribution >= 4 is 17.8 Å². The van der Waals surface area contributed by atoms with Gasteiger partial charge in [0.25, 0.3) is 5.79 Å². The first-order valence-corrected chi connectivity index (χ1v) is 12.5. The van der Waals surface area contributed by atoms with Crippen LogP contribution in [0.4, 0.5) is 0 Å². The lowest BCUT2D eigenvalue weighted by molar-refractivity contribution is -0.230. The number of hydrogen-bond acceptors (Lipinski definition) is 9. The van der Waals surface area contributed by atoms with Gasteiger partial charge in [0.05, 0.1) is 37.4 Å². The molecular formula is C28H36N2O10. The van der Waals surface area contributed by atoms with Gasteiger partial charge < -0.3 is 46.0 Å². The third kappa shape index (κ3) is 10.2. The Hall–Kier alpha value is -3.65. The summed E-state index contributed by atoms with van der Waals surface area (Å²) in [4.78, 5) is 35.6. The van der Waals surface area contributed by atoms with Gasteiger partial charge in [0.1, 0.15) is 6.61 Å². The summed E-state index contributed by atoms with van der Waals surface area (Å²) < 4.78 is 4.84. The Morgan fingerprint density at radius 2 is 1.55 bits per heavy atom. The Bertz CT molecular complexity index is 1110. The van der Waals surface area contributed by atoms with Crippen LogP contribution in [0.5, 0.6) is 0 Å². The molecule has 0 saturated carbocycles. The SMILES string of the molecule is C=CCOC(O)(CC(O)C(C[C@@H](O)[C@H](O)CNC(=O)Cc1ccc(-c2ccccc2)cc1)NC(=O)CO)C(=O)O. The summed E-state index contributed by atoms with van der Waals surface area (Å²) in [5.74, 6) is -6.02. The average Bonchev–Trinajstić information content (AvgIpc) is 2.94. The zero-order valence-electron chi connectivity index (χ0n) is 21.8. The maximum atomic E-state index is 12.4. The largest absolute Gasteiger partial charge is 0.477 e. The lowest BCUT2D eigenvalue weighted by atomic mass is 9.95. The molecule has 2 aromatic rings. The summed E-state index contributed by atoms with van der Waals surface area (Å²) in [5, 5.41) is 64.7. The van der Waals surface area contributed by atoms with Gasteiger partial charge in [-0.3, -0.25) is 9.59 Å². The predicted octanol–water partition coefficient (Wildman–Crippen LogP) is -0.672. The van der Waals surface area contributed by atoms with Crippen LogP contribution in [-0.2, 0) is 25.5 Å². The van der Waals surface area contributed by atoms with Crippen molar-refractivity contribution in [1.29, 1.82) is 0 Å². The summed E-state index contributed by atoms with van der Waals surface area (Å²) in [7, 11) is 0. The molecule has 8 N–H and O–H groups in total. The molecule has 218 valence electrons. The van der Waals surface area contributed by atoms with Crippen molar-refractivity contribution in [1.82, 2.24) is 10.6 Å². The van der Waals surface area contributed by atoms with E-state index < -0.39 is 67.4 Å². The van der Waals surface area contributed by atoms with E-state index in [0.717, 1.165) is 16.7 Å². The number of aliphatic carboxylic acids is 1. The van der Waals surface area contributed by atoms with Crippen LogP contribution in [0.25, 0.3) is 11.1 Å². The van der Waals surface area contributed by atoms with E-state index in [0.29, 0.717) is 0 Å². The number of carboxylic acids is 1. The minimum absolute atomic E-state index is 0.0181. The fourth-order valence-corrected chi connectivity index (χ4v) is 3.86. The molecule has 40 heavy (non-hydrogen) atoms. The van der Waals surface area contributed by atoms with E-state index in [1.807, 2.05) is 42.5 Å². The lowest BCUT2D eigenvalue weighted by Gasteiger charge is -2.32. The predicted molar refractivity (Wildman–Crippen MR) is 144 cm³/mol. The molecule has 0 saturated heterocycles. The first kappa shape index (κ1) is 32.6. The first-order chi connectivity index (χ1) is 19.0. The van der Waals surface area contributed by atoms with Crippen molar-refractivity contribution in [2.75, 3.05) is 19.8 Å². The highest BCUT2D eigenvalue weighted by Crippen LogP contribution is 2.21. The first-order valence-electron chi connectivity index (χ1n) is 12.5. The van der Waals surface area contributed by atoms with Gasteiger partial charge in [-0.15, -0.1) is 6.58 Å². The van der Waals surface area contributed by atoms with Gasteiger partial charge in [0, 0.05) is 13.0 Å². The average molecular weight is 561 g/mol. The molecule has 5 atom stereocenters. The highest BCUT2D eigenvalue weighted by atomic mass is 16.6. The minimum atomic E-state index is -2.84. The lowest BCUT2D eigenvalue weighted by Crippen LogP contribution is -2.53. The van der Waals surface area contributed by atoms with Gasteiger partial charge in [-0.1, -0.05) is 60.7 Å². The molecule has 12 heteroatoms. The Balaban J connectivity index is 1.94. The van der Waals surface area contributed by atoms with Crippen molar-refractivity contribution in [3.8, 4) is 11.1 Å². The minimum Gasteiger partial charge on any atom is -0.477 e. The van der Waals surface area contributed by atoms with Gasteiger partial charge >= 0.3 is 5.97 Å². The molecule has 0 aliphatic heterocycles. The molecule has 2 rings (SSSR count). The van der Waals surface area contributed by atoms with Crippen LogP contribution in [0.3, 0.4) is 0 Å². The Kier molecular flexibility index (Phi) is 12.9. The highest BCUT2D eigenvalue weighted by molar-refractivity contribution is 5.79. The molecule has 0 heterocycles. The van der Waals surface area contributed by atoms with Crippen LogP contribution >= 0.6 is 0 Å². The van der Waals surface area contributed by atoms with E-state index in [-0.39, 0.29) is 19.6 Å². The standard InChI is InChI=1S/C28H36N2O10/c1-2-12-40-28(39,27(37)38)15-23(33)21(30-26(36)17-31)14-22(32)24(34)16-29-25(35)13-18-8-10-20(11-9-18)19-6-4-3-5-7-19/h2-11,21-24,31-34,39H,1,12-17H2,(H,29,35)(H,30,36)(H,37,38)/t21?,22-,23?,24-,28?/m1/s1. The fourth-order valence-electron chi connectivity index (χ4n) is 3.86. The number of hydrogen-bond donors (Lipinski definition) is 8. The van der Waals surface area contributed by atoms with Crippen molar-refractivity contribution in [3.63, 3.8) is 0 Å². The second kappa shape index (κ2) is 15.8. The molecule has 0 aliphatic rings. The zero-order valence-corrected chi connectivity index (χ0v) is 21.8. The maximum absolute atomic E-state index is 12.4. The smallest absolute Gasteiger partial charge is 0.364 e. The summed E-state index contributed by atoms with van der Waals surface area (Å²) in [6.45, 7) is 1.66. The number of carbonyl (C=O) groups excluding carboxylic acids is 2. The van der Waals surface area contributed by atoms with E-state index >= 15 is 0 Å². The molecule has 0 radical (unpaired) electrons. The van der Waals surface area contributed by atoms with Crippen molar-refractivity contribution in [2.45, 2.75) is 49.4 Å². The fraction of sp³-hybridized carbons (Fsp3) is 0.393. The number of rotatable bonds is 17. The van der Waals surface area contributed by atoms with Crippen LogP contribution in [0, 0.1) is 0 Å². The normalized spacial score (nSPS) is 15.6. The van der Waals surface area contributed by atoms with E-state index in [4.69, 9.17) is 9.84 Å². The molecule has 2 amide bonds. The summed E-state index contributed by atoms with van der Waals surface area (Å²) in [5.41, 5.74) is 2.75. The number of aliphatic hydroxyl groups excluding tert-OH is 4. The van der Waals surface area contributed by atoms with E-state index in [2.05, 4.69) is 17.2 Å². The summed E-state index contributed by atoms with van der Waals surface area (Å²) >= 11 is 0. The summed E-state index contributed by atoms with van der Waals surface area (Å²) in [6, 6.07) is 15.7. The molecule has 0 bridgehead atoms. The Morgan fingerprint density at radius 3 is 2.12 bits per heavy atom. The number of ether oxygens (including phenoxy) is 1. The molecule has 2 aromatic carbocycles. The highest BCUT2D eigenvalue weighted by Gasteiger charge is 2.42. The number of carboxylic acid groups (broad SMARTS) is 1. The van der Waals surface area contributed by atoms with Gasteiger partial charge in [-0.2, -0.15) is 0 Å². The number of benzene rings is 2. The monoisotopic (exact) mass is 560 g/mol. The van der Waals surface area contributed by atoms with E-state index in [1.165, 1.54) is 6.08 Å². The van der Waals surface area contributed by atoms with Gasteiger partial charge in [-0.25, -0.2) is 4.79 Å². The van der Waals surface area contributed by atoms with Gasteiger partial charge in [0.2, 0.25) is 11.8 Å². The van der Waals surface area contributed by atoms with Crippen LogP contribution in [0.15, 0.2) is 67.3 Å². The Labute approximate surface area is 231 Å². The molecule has 3 unspecified atom stereocenters. The van der Waals surface area contributed by atoms with Crippen LogP contribution < -0.4 is 10.6 Å².